The van der Waals surface area contributed by atoms with Crippen molar-refractivity contribution >= 4 is 27.6 Å². The Bertz CT molecular complexity index is 513. The maximum Gasteiger partial charge on any atom is 0.331 e. The third-order valence-electron chi connectivity index (χ3n) is 1.91. The highest BCUT2D eigenvalue weighted by molar-refractivity contribution is 9.10. The number of hydrogen-bond acceptors (Lipinski definition) is 2. The van der Waals surface area contributed by atoms with Crippen LogP contribution in [0.2, 0.25) is 0 Å². The Morgan fingerprint density at radius 1 is 1.50 bits per heavy atom. The number of nitrogens with zero attached hydrogens (tertiary/aromatic N) is 2. The lowest BCUT2D eigenvalue weighted by molar-refractivity contribution is 0.253. The van der Waals surface area contributed by atoms with Crippen molar-refractivity contribution in [3.05, 3.63) is 47.2 Å². The number of carbonyl (C=O) groups excluding carboxylic acids is 1. The number of amides is 1. The van der Waals surface area contributed by atoms with E-state index in [-0.39, 0.29) is 11.8 Å². The molecule has 0 unspecified atom stereocenters. The molecule has 82 valence electrons. The van der Waals surface area contributed by atoms with E-state index >= 15 is 0 Å². The van der Waals surface area contributed by atoms with E-state index < -0.39 is 0 Å². The fourth-order valence-corrected chi connectivity index (χ4v) is 1.52. The number of hydrogen-bond donors (Lipinski definition) is 1. The van der Waals surface area contributed by atoms with Gasteiger partial charge < -0.3 is 5.32 Å². The fraction of sp³-hybridized carbons (Fsp3) is 0. The van der Waals surface area contributed by atoms with Gasteiger partial charge >= 0.3 is 6.03 Å². The molecular formula is C10H7BrFN3O. The number of nitrogens with one attached hydrogen (secondary N) is 1. The Labute approximate surface area is 99.2 Å². The average molecular weight is 284 g/mol. The number of aromatic nitrogens is 2. The summed E-state index contributed by atoms with van der Waals surface area (Å²) >= 11 is 3.04. The molecule has 0 aliphatic heterocycles. The first kappa shape index (κ1) is 10.8. The molecule has 0 fully saturated rings. The van der Waals surface area contributed by atoms with Gasteiger partial charge in [0, 0.05) is 18.1 Å². The Morgan fingerprint density at radius 2 is 2.31 bits per heavy atom. The molecule has 1 N–H and O–H groups in total. The smallest absolute Gasteiger partial charge is 0.307 e. The van der Waals surface area contributed by atoms with Crippen LogP contribution in [0.4, 0.5) is 14.9 Å². The van der Waals surface area contributed by atoms with Crippen molar-refractivity contribution in [2.24, 2.45) is 0 Å². The summed E-state index contributed by atoms with van der Waals surface area (Å²) in [6, 6.07) is 3.89. The maximum absolute atomic E-state index is 12.9. The summed E-state index contributed by atoms with van der Waals surface area (Å²) in [7, 11) is 0. The molecule has 0 aliphatic rings. The van der Waals surface area contributed by atoms with Gasteiger partial charge in [0.15, 0.2) is 0 Å². The van der Waals surface area contributed by atoms with Crippen molar-refractivity contribution in [3.8, 4) is 0 Å². The van der Waals surface area contributed by atoms with E-state index in [4.69, 9.17) is 0 Å². The quantitative estimate of drug-likeness (QED) is 0.875. The summed E-state index contributed by atoms with van der Waals surface area (Å²) in [4.78, 5) is 15.3. The molecule has 0 bridgehead atoms. The average Bonchev–Trinajstić information content (AvgIpc) is 2.77. The SMILES string of the molecule is O=C(Nc1ccc(F)c(Br)c1)n1ccnc1. The maximum atomic E-state index is 12.9. The molecule has 0 spiro atoms. The van der Waals surface area contributed by atoms with E-state index in [0.29, 0.717) is 10.2 Å². The zero-order chi connectivity index (χ0) is 11.5. The lowest BCUT2D eigenvalue weighted by atomic mass is 10.3. The highest BCUT2D eigenvalue weighted by Crippen LogP contribution is 2.19. The minimum Gasteiger partial charge on any atom is -0.307 e. The van der Waals surface area contributed by atoms with Gasteiger partial charge in [0.2, 0.25) is 0 Å². The molecule has 1 heterocycles. The molecule has 2 rings (SSSR count). The Morgan fingerprint density at radius 3 is 2.94 bits per heavy atom. The predicted molar refractivity (Wildman–Crippen MR) is 60.7 cm³/mol. The van der Waals surface area contributed by atoms with Crippen molar-refractivity contribution in [2.75, 3.05) is 5.32 Å². The summed E-state index contributed by atoms with van der Waals surface area (Å²) in [5.41, 5.74) is 0.506. The number of benzene rings is 1. The molecule has 0 saturated carbocycles. The van der Waals surface area contributed by atoms with Crippen molar-refractivity contribution in [2.45, 2.75) is 0 Å². The first-order chi connectivity index (χ1) is 7.66. The molecule has 1 aromatic heterocycles. The van der Waals surface area contributed by atoms with Gasteiger partial charge in [0.25, 0.3) is 0 Å². The molecule has 0 aliphatic carbocycles. The van der Waals surface area contributed by atoms with Gasteiger partial charge in [-0.1, -0.05) is 0 Å². The van der Waals surface area contributed by atoms with E-state index in [1.807, 2.05) is 0 Å². The van der Waals surface area contributed by atoms with Crippen LogP contribution in [0.3, 0.4) is 0 Å². The van der Waals surface area contributed by atoms with E-state index in [2.05, 4.69) is 26.2 Å². The van der Waals surface area contributed by atoms with Crippen LogP contribution in [0.15, 0.2) is 41.4 Å². The zero-order valence-electron chi connectivity index (χ0n) is 8.02. The number of anilines is 1. The van der Waals surface area contributed by atoms with Crippen LogP contribution in [0.5, 0.6) is 0 Å². The van der Waals surface area contributed by atoms with Gasteiger partial charge in [0.1, 0.15) is 12.1 Å². The molecule has 0 radical (unpaired) electrons. The number of rotatable bonds is 1. The third-order valence-corrected chi connectivity index (χ3v) is 2.52. The summed E-state index contributed by atoms with van der Waals surface area (Å²) in [5, 5.41) is 2.60. The summed E-state index contributed by atoms with van der Waals surface area (Å²) in [5.74, 6) is -0.374. The zero-order valence-corrected chi connectivity index (χ0v) is 9.61. The van der Waals surface area contributed by atoms with Crippen LogP contribution < -0.4 is 5.32 Å². The van der Waals surface area contributed by atoms with Gasteiger partial charge in [-0.15, -0.1) is 0 Å². The van der Waals surface area contributed by atoms with Crippen LogP contribution in [-0.4, -0.2) is 15.6 Å². The lowest BCUT2D eigenvalue weighted by Gasteiger charge is -2.05. The highest BCUT2D eigenvalue weighted by Gasteiger charge is 2.05. The molecule has 0 atom stereocenters. The molecule has 1 aromatic carbocycles. The first-order valence-corrected chi connectivity index (χ1v) is 5.20. The van der Waals surface area contributed by atoms with E-state index in [1.54, 1.807) is 0 Å². The third kappa shape index (κ3) is 2.27. The van der Waals surface area contributed by atoms with Gasteiger partial charge in [-0.05, 0) is 34.1 Å². The van der Waals surface area contributed by atoms with Crippen LogP contribution in [0.25, 0.3) is 0 Å². The normalized spacial score (nSPS) is 10.1. The number of imidazole rings is 1. The fourth-order valence-electron chi connectivity index (χ4n) is 1.14. The largest absolute Gasteiger partial charge is 0.331 e. The molecule has 4 nitrogen and oxygen atoms in total. The van der Waals surface area contributed by atoms with Gasteiger partial charge in [0.05, 0.1) is 4.47 Å². The van der Waals surface area contributed by atoms with E-state index in [0.717, 1.165) is 0 Å². The van der Waals surface area contributed by atoms with Crippen molar-refractivity contribution < 1.29 is 9.18 Å². The van der Waals surface area contributed by atoms with Crippen molar-refractivity contribution in [3.63, 3.8) is 0 Å². The van der Waals surface area contributed by atoms with Crippen molar-refractivity contribution in [1.82, 2.24) is 9.55 Å². The Hall–Kier alpha value is -1.69. The molecule has 1 amide bonds. The minimum atomic E-state index is -0.374. The second-order valence-electron chi connectivity index (χ2n) is 3.03. The van der Waals surface area contributed by atoms with Crippen LogP contribution >= 0.6 is 15.9 Å². The second kappa shape index (κ2) is 4.44. The number of carbonyl (C=O) groups is 1. The standard InChI is InChI=1S/C10H7BrFN3O/c11-8-5-7(1-2-9(8)12)14-10(16)15-4-3-13-6-15/h1-6H,(H,14,16). The van der Waals surface area contributed by atoms with Gasteiger partial charge in [-0.2, -0.15) is 0 Å². The van der Waals surface area contributed by atoms with Gasteiger partial charge in [-0.3, -0.25) is 4.57 Å². The first-order valence-electron chi connectivity index (χ1n) is 4.41. The second-order valence-corrected chi connectivity index (χ2v) is 3.88. The lowest BCUT2D eigenvalue weighted by Crippen LogP contribution is -2.17. The topological polar surface area (TPSA) is 46.9 Å². The van der Waals surface area contributed by atoms with Crippen LogP contribution in [0, 0.1) is 5.82 Å². The molecule has 6 heteroatoms. The molecule has 0 saturated heterocycles. The predicted octanol–water partition coefficient (Wildman–Crippen LogP) is 2.86. The highest BCUT2D eigenvalue weighted by atomic mass is 79.9. The summed E-state index contributed by atoms with van der Waals surface area (Å²) in [6.45, 7) is 0. The number of halogens is 2. The van der Waals surface area contributed by atoms with E-state index in [9.17, 15) is 9.18 Å². The Balaban J connectivity index is 2.15. The summed E-state index contributed by atoms with van der Waals surface area (Å²) < 4.78 is 14.5. The molecule has 16 heavy (non-hydrogen) atoms. The van der Waals surface area contributed by atoms with E-state index in [1.165, 1.54) is 41.5 Å². The van der Waals surface area contributed by atoms with Crippen LogP contribution in [0.1, 0.15) is 0 Å². The minimum absolute atomic E-state index is 0.302. The molecular weight excluding hydrogens is 277 g/mol. The Kier molecular flexibility index (Phi) is 3.00. The monoisotopic (exact) mass is 283 g/mol. The summed E-state index contributed by atoms with van der Waals surface area (Å²) in [6.07, 6.45) is 4.40. The molecule has 2 aromatic rings. The van der Waals surface area contributed by atoms with Crippen LogP contribution in [-0.2, 0) is 0 Å². The van der Waals surface area contributed by atoms with Gasteiger partial charge in [-0.25, -0.2) is 14.2 Å². The van der Waals surface area contributed by atoms with Crippen molar-refractivity contribution in [1.29, 1.82) is 0 Å².